The molecule has 0 aliphatic rings. The number of rotatable bonds is 8. The van der Waals surface area contributed by atoms with Crippen LogP contribution in [0.2, 0.25) is 0 Å². The zero-order chi connectivity index (χ0) is 15.8. The van der Waals surface area contributed by atoms with E-state index < -0.39 is 0 Å². The van der Waals surface area contributed by atoms with Gasteiger partial charge in [-0.1, -0.05) is 26.7 Å². The van der Waals surface area contributed by atoms with Crippen LogP contribution < -0.4 is 4.90 Å². The van der Waals surface area contributed by atoms with Gasteiger partial charge >= 0.3 is 0 Å². The van der Waals surface area contributed by atoms with Crippen LogP contribution in [0.5, 0.6) is 0 Å². The third-order valence-corrected chi connectivity index (χ3v) is 3.67. The van der Waals surface area contributed by atoms with Crippen molar-refractivity contribution in [2.45, 2.75) is 46.5 Å². The number of aromatic nitrogens is 3. The maximum Gasteiger partial charge on any atom is 0.161 e. The van der Waals surface area contributed by atoms with Crippen LogP contribution in [0, 0.1) is 6.92 Å². The molecule has 118 valence electrons. The van der Waals surface area contributed by atoms with Gasteiger partial charge in [-0.3, -0.25) is 4.98 Å². The Labute approximate surface area is 133 Å². The normalized spacial score (nSPS) is 10.7. The van der Waals surface area contributed by atoms with E-state index in [0.29, 0.717) is 0 Å². The zero-order valence-corrected chi connectivity index (χ0v) is 13.9. The van der Waals surface area contributed by atoms with Crippen molar-refractivity contribution in [2.75, 3.05) is 18.0 Å². The molecule has 0 aliphatic carbocycles. The molecule has 2 rings (SSSR count). The molecule has 0 unspecified atom stereocenters. The van der Waals surface area contributed by atoms with Crippen LogP contribution in [0.15, 0.2) is 30.6 Å². The second-order valence-electron chi connectivity index (χ2n) is 5.62. The summed E-state index contributed by atoms with van der Waals surface area (Å²) in [5.41, 5.74) is 2.03. The smallest absolute Gasteiger partial charge is 0.161 e. The van der Waals surface area contributed by atoms with Gasteiger partial charge < -0.3 is 4.90 Å². The lowest BCUT2D eigenvalue weighted by molar-refractivity contribution is 0.670. The Bertz CT molecular complexity index is 561. The lowest BCUT2D eigenvalue weighted by Gasteiger charge is -2.24. The van der Waals surface area contributed by atoms with E-state index in [1.54, 1.807) is 12.4 Å². The first-order valence-corrected chi connectivity index (χ1v) is 8.25. The standard InChI is InChI=1S/C18H26N4/c1-4-6-12-22(13-7-5-2)17-14-15(3)20-18(21-17)16-8-10-19-11-9-16/h8-11,14H,4-7,12-13H2,1-3H3. The number of hydrogen-bond acceptors (Lipinski definition) is 4. The van der Waals surface area contributed by atoms with Gasteiger partial charge in [-0.2, -0.15) is 0 Å². The molecule has 4 nitrogen and oxygen atoms in total. The molecule has 0 bridgehead atoms. The lowest BCUT2D eigenvalue weighted by Crippen LogP contribution is -2.27. The molecule has 0 aliphatic heterocycles. The Morgan fingerprint density at radius 2 is 1.59 bits per heavy atom. The van der Waals surface area contributed by atoms with Gasteiger partial charge in [0.25, 0.3) is 0 Å². The third-order valence-electron chi connectivity index (χ3n) is 3.67. The largest absolute Gasteiger partial charge is 0.356 e. The molecule has 0 N–H and O–H groups in total. The SMILES string of the molecule is CCCCN(CCCC)c1cc(C)nc(-c2ccncc2)n1. The van der Waals surface area contributed by atoms with Gasteiger partial charge in [0.15, 0.2) is 5.82 Å². The van der Waals surface area contributed by atoms with Crippen LogP contribution in [-0.2, 0) is 0 Å². The molecule has 0 fully saturated rings. The highest BCUT2D eigenvalue weighted by molar-refractivity contribution is 5.57. The highest BCUT2D eigenvalue weighted by Gasteiger charge is 2.11. The van der Waals surface area contributed by atoms with Gasteiger partial charge in [-0.05, 0) is 31.9 Å². The molecule has 0 aromatic carbocycles. The summed E-state index contributed by atoms with van der Waals surface area (Å²) in [6, 6.07) is 6.01. The molecule has 0 radical (unpaired) electrons. The van der Waals surface area contributed by atoms with Crippen molar-refractivity contribution in [3.8, 4) is 11.4 Å². The molecule has 2 heterocycles. The number of anilines is 1. The van der Waals surface area contributed by atoms with Crippen LogP contribution in [0.4, 0.5) is 5.82 Å². The van der Waals surface area contributed by atoms with Crippen molar-refractivity contribution in [1.82, 2.24) is 15.0 Å². The van der Waals surface area contributed by atoms with E-state index in [1.807, 2.05) is 19.1 Å². The van der Waals surface area contributed by atoms with E-state index in [9.17, 15) is 0 Å². The molecule has 4 heteroatoms. The van der Waals surface area contributed by atoms with Crippen molar-refractivity contribution >= 4 is 5.82 Å². The average molecular weight is 298 g/mol. The van der Waals surface area contributed by atoms with E-state index in [2.05, 4.69) is 34.8 Å². The molecule has 0 spiro atoms. The predicted molar refractivity (Wildman–Crippen MR) is 92.0 cm³/mol. The van der Waals surface area contributed by atoms with Crippen LogP contribution in [0.3, 0.4) is 0 Å². The van der Waals surface area contributed by atoms with Crippen molar-refractivity contribution in [2.24, 2.45) is 0 Å². The molecule has 0 atom stereocenters. The summed E-state index contributed by atoms with van der Waals surface area (Å²) in [7, 11) is 0. The third kappa shape index (κ3) is 4.52. The van der Waals surface area contributed by atoms with Crippen molar-refractivity contribution in [3.05, 3.63) is 36.3 Å². The van der Waals surface area contributed by atoms with Gasteiger partial charge in [0.2, 0.25) is 0 Å². The topological polar surface area (TPSA) is 41.9 Å². The summed E-state index contributed by atoms with van der Waals surface area (Å²) in [5.74, 6) is 1.83. The van der Waals surface area contributed by atoms with Crippen molar-refractivity contribution in [3.63, 3.8) is 0 Å². The highest BCUT2D eigenvalue weighted by Crippen LogP contribution is 2.20. The van der Waals surface area contributed by atoms with Crippen LogP contribution in [0.1, 0.15) is 45.2 Å². The molecule has 0 saturated carbocycles. The van der Waals surface area contributed by atoms with E-state index in [0.717, 1.165) is 36.0 Å². The second kappa shape index (κ2) is 8.47. The first-order chi connectivity index (χ1) is 10.7. The summed E-state index contributed by atoms with van der Waals surface area (Å²) in [6.07, 6.45) is 8.35. The van der Waals surface area contributed by atoms with Gasteiger partial charge in [-0.15, -0.1) is 0 Å². The Morgan fingerprint density at radius 1 is 0.955 bits per heavy atom. The fourth-order valence-electron chi connectivity index (χ4n) is 2.38. The highest BCUT2D eigenvalue weighted by atomic mass is 15.2. The first-order valence-electron chi connectivity index (χ1n) is 8.25. The molecule has 0 saturated heterocycles. The Hall–Kier alpha value is -1.97. The minimum Gasteiger partial charge on any atom is -0.356 e. The Kier molecular flexibility index (Phi) is 6.31. The molecule has 2 aromatic heterocycles. The summed E-state index contributed by atoms with van der Waals surface area (Å²) in [5, 5.41) is 0. The number of hydrogen-bond donors (Lipinski definition) is 0. The van der Waals surface area contributed by atoms with Crippen LogP contribution in [0.25, 0.3) is 11.4 Å². The fourth-order valence-corrected chi connectivity index (χ4v) is 2.38. The van der Waals surface area contributed by atoms with Gasteiger partial charge in [-0.25, -0.2) is 9.97 Å². The molecule has 0 amide bonds. The van der Waals surface area contributed by atoms with E-state index >= 15 is 0 Å². The van der Waals surface area contributed by atoms with Crippen molar-refractivity contribution < 1.29 is 0 Å². The minimum atomic E-state index is 0.787. The average Bonchev–Trinajstić information content (AvgIpc) is 2.55. The summed E-state index contributed by atoms with van der Waals surface area (Å²) in [6.45, 7) is 8.61. The van der Waals surface area contributed by atoms with Crippen molar-refractivity contribution in [1.29, 1.82) is 0 Å². The van der Waals surface area contributed by atoms with Gasteiger partial charge in [0, 0.05) is 42.8 Å². The second-order valence-corrected chi connectivity index (χ2v) is 5.62. The predicted octanol–water partition coefficient (Wildman–Crippen LogP) is 4.25. The molecular formula is C18H26N4. The Morgan fingerprint density at radius 3 is 2.18 bits per heavy atom. The fraction of sp³-hybridized carbons (Fsp3) is 0.500. The molecular weight excluding hydrogens is 272 g/mol. The van der Waals surface area contributed by atoms with E-state index in [1.165, 1.54) is 25.7 Å². The van der Waals surface area contributed by atoms with Crippen LogP contribution >= 0.6 is 0 Å². The maximum atomic E-state index is 4.80. The summed E-state index contributed by atoms with van der Waals surface area (Å²) in [4.78, 5) is 15.8. The first kappa shape index (κ1) is 16.4. The number of unbranched alkanes of at least 4 members (excludes halogenated alkanes) is 2. The lowest BCUT2D eigenvalue weighted by atomic mass is 10.2. The van der Waals surface area contributed by atoms with E-state index in [4.69, 9.17) is 4.98 Å². The monoisotopic (exact) mass is 298 g/mol. The quantitative estimate of drug-likeness (QED) is 0.730. The minimum absolute atomic E-state index is 0.787. The summed E-state index contributed by atoms with van der Waals surface area (Å²) < 4.78 is 0. The van der Waals surface area contributed by atoms with Gasteiger partial charge in [0.1, 0.15) is 5.82 Å². The number of nitrogens with zero attached hydrogens (tertiary/aromatic N) is 4. The zero-order valence-electron chi connectivity index (χ0n) is 13.9. The molecule has 2 aromatic rings. The maximum absolute atomic E-state index is 4.80. The Balaban J connectivity index is 2.29. The number of pyridine rings is 1. The molecule has 22 heavy (non-hydrogen) atoms. The van der Waals surface area contributed by atoms with Gasteiger partial charge in [0.05, 0.1) is 0 Å². The van der Waals surface area contributed by atoms with E-state index in [-0.39, 0.29) is 0 Å². The number of aryl methyl sites for hydroxylation is 1. The van der Waals surface area contributed by atoms with Crippen LogP contribution in [-0.4, -0.2) is 28.0 Å². The summed E-state index contributed by atoms with van der Waals surface area (Å²) >= 11 is 0.